The molecule has 0 aromatic heterocycles. The molecule has 0 bridgehead atoms. The highest BCUT2D eigenvalue weighted by atomic mass is 16.1. The van der Waals surface area contributed by atoms with E-state index in [1.807, 2.05) is 12.1 Å². The van der Waals surface area contributed by atoms with Gasteiger partial charge in [0.15, 0.2) is 5.78 Å². The second-order valence-electron chi connectivity index (χ2n) is 10.7. The molecule has 0 N–H and O–H groups in total. The van der Waals surface area contributed by atoms with Crippen molar-refractivity contribution in [2.24, 2.45) is 23.2 Å². The van der Waals surface area contributed by atoms with Gasteiger partial charge in [-0.15, -0.1) is 0 Å². The smallest absolute Gasteiger partial charge is 0.165 e. The molecule has 0 spiro atoms. The molecule has 5 rings (SSSR count). The molecule has 32 heavy (non-hydrogen) atoms. The SMILES string of the molecule is C=C(Cc1cccc(-c2ccc(C(=O)C3CCC(C(=O)C4(C)CC4)CC3)cc2)c1)C1CC1. The molecule has 166 valence electrons. The van der Waals surface area contributed by atoms with Gasteiger partial charge in [0.25, 0.3) is 0 Å². The van der Waals surface area contributed by atoms with Gasteiger partial charge in [0.1, 0.15) is 5.78 Å². The van der Waals surface area contributed by atoms with Crippen LogP contribution in [0.2, 0.25) is 0 Å². The fourth-order valence-electron chi connectivity index (χ4n) is 5.37. The third-order valence-corrected chi connectivity index (χ3v) is 8.08. The predicted octanol–water partition coefficient (Wildman–Crippen LogP) is 7.22. The van der Waals surface area contributed by atoms with Crippen LogP contribution in [0, 0.1) is 23.2 Å². The van der Waals surface area contributed by atoms with Crippen LogP contribution in [0.5, 0.6) is 0 Å². The van der Waals surface area contributed by atoms with E-state index >= 15 is 0 Å². The molecule has 2 aromatic carbocycles. The zero-order chi connectivity index (χ0) is 22.3. The molecule has 0 saturated heterocycles. The summed E-state index contributed by atoms with van der Waals surface area (Å²) in [5.74, 6) is 1.67. The van der Waals surface area contributed by atoms with Gasteiger partial charge in [-0.25, -0.2) is 0 Å². The first-order valence-corrected chi connectivity index (χ1v) is 12.4. The lowest BCUT2D eigenvalue weighted by Crippen LogP contribution is -2.29. The predicted molar refractivity (Wildman–Crippen MR) is 130 cm³/mol. The molecule has 0 unspecified atom stereocenters. The van der Waals surface area contributed by atoms with Crippen molar-refractivity contribution in [3.05, 3.63) is 71.8 Å². The maximum absolute atomic E-state index is 13.1. The largest absolute Gasteiger partial charge is 0.299 e. The molecule has 0 aliphatic heterocycles. The topological polar surface area (TPSA) is 34.1 Å². The molecule has 2 nitrogen and oxygen atoms in total. The Kier molecular flexibility index (Phi) is 5.65. The number of carbonyl (C=O) groups is 2. The summed E-state index contributed by atoms with van der Waals surface area (Å²) in [5, 5.41) is 0. The summed E-state index contributed by atoms with van der Waals surface area (Å²) in [6.45, 7) is 6.37. The Morgan fingerprint density at radius 3 is 2.09 bits per heavy atom. The van der Waals surface area contributed by atoms with Gasteiger partial charge in [0.2, 0.25) is 0 Å². The van der Waals surface area contributed by atoms with Crippen LogP contribution in [0.15, 0.2) is 60.7 Å². The lowest BCUT2D eigenvalue weighted by Gasteiger charge is -2.28. The van der Waals surface area contributed by atoms with Crippen molar-refractivity contribution in [2.75, 3.05) is 0 Å². The first kappa shape index (κ1) is 21.4. The third kappa shape index (κ3) is 4.51. The summed E-state index contributed by atoms with van der Waals surface area (Å²) in [4.78, 5) is 25.7. The van der Waals surface area contributed by atoms with E-state index in [4.69, 9.17) is 0 Å². The highest BCUT2D eigenvalue weighted by molar-refractivity contribution is 5.98. The van der Waals surface area contributed by atoms with Gasteiger partial charge in [0, 0.05) is 22.8 Å². The third-order valence-electron chi connectivity index (χ3n) is 8.08. The van der Waals surface area contributed by atoms with Gasteiger partial charge >= 0.3 is 0 Å². The van der Waals surface area contributed by atoms with E-state index in [9.17, 15) is 9.59 Å². The second-order valence-corrected chi connectivity index (χ2v) is 10.7. The van der Waals surface area contributed by atoms with Gasteiger partial charge in [-0.05, 0) is 80.4 Å². The minimum absolute atomic E-state index is 0.0419. The zero-order valence-corrected chi connectivity index (χ0v) is 19.2. The number of carbonyl (C=O) groups excluding carboxylic acids is 2. The maximum atomic E-state index is 13.1. The minimum Gasteiger partial charge on any atom is -0.299 e. The van der Waals surface area contributed by atoms with Crippen LogP contribution >= 0.6 is 0 Å². The molecule has 0 amide bonds. The molecule has 2 aromatic rings. The van der Waals surface area contributed by atoms with Gasteiger partial charge in [-0.1, -0.05) is 67.6 Å². The first-order chi connectivity index (χ1) is 15.4. The van der Waals surface area contributed by atoms with E-state index in [2.05, 4.69) is 49.9 Å². The second kappa shape index (κ2) is 8.46. The summed E-state index contributed by atoms with van der Waals surface area (Å²) < 4.78 is 0. The monoisotopic (exact) mass is 426 g/mol. The lowest BCUT2D eigenvalue weighted by atomic mass is 9.74. The minimum atomic E-state index is -0.0419. The van der Waals surface area contributed by atoms with Crippen molar-refractivity contribution >= 4 is 11.6 Å². The molecule has 2 heteroatoms. The Morgan fingerprint density at radius 1 is 0.844 bits per heavy atom. The van der Waals surface area contributed by atoms with Gasteiger partial charge in [-0.3, -0.25) is 9.59 Å². The Balaban J connectivity index is 1.21. The van der Waals surface area contributed by atoms with Crippen molar-refractivity contribution in [1.29, 1.82) is 0 Å². The van der Waals surface area contributed by atoms with Crippen molar-refractivity contribution < 1.29 is 9.59 Å². The quantitative estimate of drug-likeness (QED) is 0.330. The number of hydrogen-bond acceptors (Lipinski definition) is 2. The number of benzene rings is 2. The normalized spacial score (nSPS) is 24.0. The van der Waals surface area contributed by atoms with Gasteiger partial charge in [-0.2, -0.15) is 0 Å². The summed E-state index contributed by atoms with van der Waals surface area (Å²) >= 11 is 0. The molecule has 0 heterocycles. The maximum Gasteiger partial charge on any atom is 0.165 e. The van der Waals surface area contributed by atoms with Crippen LogP contribution in [0.3, 0.4) is 0 Å². The molecule has 3 aliphatic rings. The Hall–Kier alpha value is -2.48. The van der Waals surface area contributed by atoms with Crippen LogP contribution in [0.4, 0.5) is 0 Å². The van der Waals surface area contributed by atoms with Crippen molar-refractivity contribution in [2.45, 2.75) is 64.7 Å². The Labute approximate surface area is 192 Å². The molecule has 0 atom stereocenters. The fourth-order valence-corrected chi connectivity index (χ4v) is 5.37. The van der Waals surface area contributed by atoms with E-state index in [1.54, 1.807) is 0 Å². The molecule has 0 radical (unpaired) electrons. The summed E-state index contributed by atoms with van der Waals surface area (Å²) in [7, 11) is 0. The molecular weight excluding hydrogens is 392 g/mol. The zero-order valence-electron chi connectivity index (χ0n) is 19.2. The number of allylic oxidation sites excluding steroid dienone is 1. The van der Waals surface area contributed by atoms with E-state index in [0.717, 1.165) is 62.0 Å². The average Bonchev–Trinajstić information content (AvgIpc) is 3.75. The standard InChI is InChI=1S/C30H34O2/c1-20(22-6-7-22)18-21-4-3-5-27(19-21)23-8-10-24(11-9-23)28(31)25-12-14-26(15-13-25)29(32)30(2)16-17-30/h3-5,8-11,19,22,25-26H,1,6-7,12-18H2,2H3. The number of ketones is 2. The summed E-state index contributed by atoms with van der Waals surface area (Å²) in [6.07, 6.45) is 9.10. The molecule has 3 saturated carbocycles. The van der Waals surface area contributed by atoms with Crippen LogP contribution in [0.25, 0.3) is 11.1 Å². The molecule has 3 aliphatic carbocycles. The number of hydrogen-bond donors (Lipinski definition) is 0. The van der Waals surface area contributed by atoms with Crippen LogP contribution in [0.1, 0.15) is 74.2 Å². The average molecular weight is 427 g/mol. The van der Waals surface area contributed by atoms with Crippen LogP contribution < -0.4 is 0 Å². The number of rotatable bonds is 8. The van der Waals surface area contributed by atoms with Crippen molar-refractivity contribution in [3.63, 3.8) is 0 Å². The summed E-state index contributed by atoms with van der Waals surface area (Å²) in [6, 6.07) is 16.8. The molecular formula is C30H34O2. The van der Waals surface area contributed by atoms with Gasteiger partial charge < -0.3 is 0 Å². The van der Waals surface area contributed by atoms with E-state index in [1.165, 1.54) is 29.5 Å². The lowest BCUT2D eigenvalue weighted by molar-refractivity contribution is -0.128. The Morgan fingerprint density at radius 2 is 1.47 bits per heavy atom. The van der Waals surface area contributed by atoms with Crippen LogP contribution in [-0.4, -0.2) is 11.6 Å². The van der Waals surface area contributed by atoms with E-state index in [0.29, 0.717) is 5.78 Å². The molecule has 3 fully saturated rings. The van der Waals surface area contributed by atoms with Gasteiger partial charge in [0.05, 0.1) is 0 Å². The van der Waals surface area contributed by atoms with Crippen LogP contribution in [-0.2, 0) is 11.2 Å². The number of Topliss-reactive ketones (excluding diaryl/α,β-unsaturated/α-hetero) is 2. The first-order valence-electron chi connectivity index (χ1n) is 12.4. The van der Waals surface area contributed by atoms with Crippen molar-refractivity contribution in [3.8, 4) is 11.1 Å². The van der Waals surface area contributed by atoms with Crippen molar-refractivity contribution in [1.82, 2.24) is 0 Å². The van der Waals surface area contributed by atoms with E-state index < -0.39 is 0 Å². The van der Waals surface area contributed by atoms with E-state index in [-0.39, 0.29) is 23.0 Å². The highest BCUT2D eigenvalue weighted by Crippen LogP contribution is 2.49. The highest BCUT2D eigenvalue weighted by Gasteiger charge is 2.47. The summed E-state index contributed by atoms with van der Waals surface area (Å²) in [5.41, 5.74) is 5.76. The fraction of sp³-hybridized carbons (Fsp3) is 0.467. The Bertz CT molecular complexity index is 1030.